The molecule has 21 heavy (non-hydrogen) atoms. The number of nitrogens with one attached hydrogen (secondary N) is 1. The van der Waals surface area contributed by atoms with E-state index in [-0.39, 0.29) is 6.04 Å². The zero-order chi connectivity index (χ0) is 14.8. The molecule has 1 aromatic heterocycles. The zero-order valence-electron chi connectivity index (χ0n) is 13.2. The van der Waals surface area contributed by atoms with Gasteiger partial charge in [-0.25, -0.2) is 0 Å². The summed E-state index contributed by atoms with van der Waals surface area (Å²) in [7, 11) is 6.45. The molecule has 0 amide bonds. The van der Waals surface area contributed by atoms with E-state index in [1.165, 1.54) is 11.8 Å². The molecule has 2 aromatic rings. The molecule has 3 rings (SSSR count). The van der Waals surface area contributed by atoms with Crippen molar-refractivity contribution in [2.45, 2.75) is 18.5 Å². The van der Waals surface area contributed by atoms with Crippen LogP contribution in [0.4, 0.5) is 0 Å². The first-order valence-electron chi connectivity index (χ1n) is 7.73. The van der Waals surface area contributed by atoms with Crippen LogP contribution < -0.4 is 5.32 Å². The molecule has 1 aliphatic rings. The largest absolute Gasteiger partial charge is 0.459 e. The first-order valence-corrected chi connectivity index (χ1v) is 7.73. The number of para-hydroxylation sites is 1. The molecule has 1 aliphatic heterocycles. The summed E-state index contributed by atoms with van der Waals surface area (Å²) in [4.78, 5) is 4.87. The van der Waals surface area contributed by atoms with Gasteiger partial charge in [0.05, 0.1) is 6.04 Å². The van der Waals surface area contributed by atoms with E-state index in [1.54, 1.807) is 0 Å². The van der Waals surface area contributed by atoms with Gasteiger partial charge in [-0.2, -0.15) is 0 Å². The third-order valence-corrected chi connectivity index (χ3v) is 4.56. The van der Waals surface area contributed by atoms with Crippen LogP contribution in [0.2, 0.25) is 0 Å². The Balaban J connectivity index is 1.92. The molecule has 114 valence electrons. The van der Waals surface area contributed by atoms with Crippen LogP contribution in [0.15, 0.2) is 34.7 Å². The fourth-order valence-electron chi connectivity index (χ4n) is 3.35. The molecule has 2 heterocycles. The van der Waals surface area contributed by atoms with Crippen molar-refractivity contribution < 1.29 is 4.42 Å². The maximum absolute atomic E-state index is 6.09. The summed E-state index contributed by atoms with van der Waals surface area (Å²) in [5.41, 5.74) is 0.970. The standard InChI is InChI=1S/C17H25N3O/c1-18-17(14-12-19(2)9-6-10-20(14)3)16-11-13-7-4-5-8-15(13)21-16/h4-5,7-8,11,14,17-18H,6,9-10,12H2,1-3H3. The van der Waals surface area contributed by atoms with Crippen LogP contribution >= 0.6 is 0 Å². The summed E-state index contributed by atoms with van der Waals surface area (Å²) < 4.78 is 6.09. The van der Waals surface area contributed by atoms with Crippen molar-refractivity contribution in [3.8, 4) is 0 Å². The maximum atomic E-state index is 6.09. The van der Waals surface area contributed by atoms with Crippen molar-refractivity contribution in [3.05, 3.63) is 36.1 Å². The SMILES string of the molecule is CNC(c1cc2ccccc2o1)C1CN(C)CCCN1C. The van der Waals surface area contributed by atoms with Crippen LogP contribution in [0.5, 0.6) is 0 Å². The number of benzene rings is 1. The Bertz CT molecular complexity index is 561. The number of hydrogen-bond donors (Lipinski definition) is 1. The lowest BCUT2D eigenvalue weighted by Gasteiger charge is -2.33. The van der Waals surface area contributed by atoms with E-state index in [2.05, 4.69) is 47.4 Å². The van der Waals surface area contributed by atoms with Gasteiger partial charge in [0.25, 0.3) is 0 Å². The lowest BCUT2D eigenvalue weighted by molar-refractivity contribution is 0.171. The average Bonchev–Trinajstić information content (AvgIpc) is 2.82. The van der Waals surface area contributed by atoms with Crippen LogP contribution in [0.3, 0.4) is 0 Å². The summed E-state index contributed by atoms with van der Waals surface area (Å²) in [5.74, 6) is 1.03. The highest BCUT2D eigenvalue weighted by molar-refractivity contribution is 5.77. The van der Waals surface area contributed by atoms with Gasteiger partial charge in [-0.3, -0.25) is 0 Å². The van der Waals surface area contributed by atoms with Gasteiger partial charge in [-0.1, -0.05) is 18.2 Å². The van der Waals surface area contributed by atoms with E-state index in [9.17, 15) is 0 Å². The first-order chi connectivity index (χ1) is 10.2. The van der Waals surface area contributed by atoms with Gasteiger partial charge in [0.2, 0.25) is 0 Å². The fraction of sp³-hybridized carbons (Fsp3) is 0.529. The Morgan fingerprint density at radius 1 is 1.24 bits per heavy atom. The summed E-state index contributed by atoms with van der Waals surface area (Å²) in [6, 6.07) is 11.0. The molecule has 4 heteroatoms. The Hall–Kier alpha value is -1.36. The molecule has 1 saturated heterocycles. The molecule has 2 unspecified atom stereocenters. The van der Waals surface area contributed by atoms with Crippen molar-refractivity contribution in [1.29, 1.82) is 0 Å². The van der Waals surface area contributed by atoms with Crippen LogP contribution in [0, 0.1) is 0 Å². The van der Waals surface area contributed by atoms with Gasteiger partial charge in [0.1, 0.15) is 11.3 Å². The second kappa shape index (κ2) is 6.18. The van der Waals surface area contributed by atoms with Crippen molar-refractivity contribution in [1.82, 2.24) is 15.1 Å². The highest BCUT2D eigenvalue weighted by Gasteiger charge is 2.30. The zero-order valence-corrected chi connectivity index (χ0v) is 13.2. The summed E-state index contributed by atoms with van der Waals surface area (Å²) >= 11 is 0. The van der Waals surface area contributed by atoms with Crippen molar-refractivity contribution in [3.63, 3.8) is 0 Å². The Labute approximate surface area is 126 Å². The van der Waals surface area contributed by atoms with E-state index in [0.717, 1.165) is 31.0 Å². The number of hydrogen-bond acceptors (Lipinski definition) is 4. The molecule has 0 aliphatic carbocycles. The van der Waals surface area contributed by atoms with Gasteiger partial charge in [-0.05, 0) is 52.8 Å². The summed E-state index contributed by atoms with van der Waals surface area (Å²) in [5, 5.41) is 4.64. The molecule has 0 saturated carbocycles. The number of fused-ring (bicyclic) bond motifs is 1. The van der Waals surface area contributed by atoms with Gasteiger partial charge in [-0.15, -0.1) is 0 Å². The minimum absolute atomic E-state index is 0.211. The molecule has 4 nitrogen and oxygen atoms in total. The van der Waals surface area contributed by atoms with Gasteiger partial charge in [0.15, 0.2) is 0 Å². The van der Waals surface area contributed by atoms with Gasteiger partial charge in [0, 0.05) is 18.0 Å². The maximum Gasteiger partial charge on any atom is 0.134 e. The molecule has 1 N–H and O–H groups in total. The van der Waals surface area contributed by atoms with Crippen LogP contribution in [-0.4, -0.2) is 56.6 Å². The quantitative estimate of drug-likeness (QED) is 0.939. The highest BCUT2D eigenvalue weighted by atomic mass is 16.3. The van der Waals surface area contributed by atoms with Gasteiger partial charge >= 0.3 is 0 Å². The fourth-order valence-corrected chi connectivity index (χ4v) is 3.35. The van der Waals surface area contributed by atoms with Crippen molar-refractivity contribution in [2.75, 3.05) is 40.8 Å². The van der Waals surface area contributed by atoms with E-state index >= 15 is 0 Å². The topological polar surface area (TPSA) is 31.7 Å². The van der Waals surface area contributed by atoms with Crippen molar-refractivity contribution in [2.24, 2.45) is 0 Å². The van der Waals surface area contributed by atoms with Crippen molar-refractivity contribution >= 4 is 11.0 Å². The molecule has 0 spiro atoms. The van der Waals surface area contributed by atoms with Crippen LogP contribution in [-0.2, 0) is 0 Å². The monoisotopic (exact) mass is 287 g/mol. The van der Waals surface area contributed by atoms with E-state index in [0.29, 0.717) is 6.04 Å². The Morgan fingerprint density at radius 3 is 2.81 bits per heavy atom. The second-order valence-electron chi connectivity index (χ2n) is 6.12. The van der Waals surface area contributed by atoms with Crippen LogP contribution in [0.1, 0.15) is 18.2 Å². The average molecular weight is 287 g/mol. The number of rotatable bonds is 3. The smallest absolute Gasteiger partial charge is 0.134 e. The lowest BCUT2D eigenvalue weighted by Crippen LogP contribution is -2.46. The molecule has 1 aromatic carbocycles. The first kappa shape index (κ1) is 14.6. The summed E-state index contributed by atoms with van der Waals surface area (Å²) in [6.45, 7) is 3.35. The molecule has 0 bridgehead atoms. The van der Waals surface area contributed by atoms with Gasteiger partial charge < -0.3 is 19.5 Å². The molecule has 2 atom stereocenters. The third kappa shape index (κ3) is 2.98. The van der Waals surface area contributed by atoms with E-state index in [1.807, 2.05) is 19.2 Å². The third-order valence-electron chi connectivity index (χ3n) is 4.56. The predicted molar refractivity (Wildman–Crippen MR) is 86.5 cm³/mol. The molecule has 0 radical (unpaired) electrons. The minimum Gasteiger partial charge on any atom is -0.459 e. The lowest BCUT2D eigenvalue weighted by atomic mass is 10.0. The second-order valence-corrected chi connectivity index (χ2v) is 6.12. The van der Waals surface area contributed by atoms with Crippen LogP contribution in [0.25, 0.3) is 11.0 Å². The molecular formula is C17H25N3O. The minimum atomic E-state index is 0.211. The van der Waals surface area contributed by atoms with E-state index < -0.39 is 0 Å². The Morgan fingerprint density at radius 2 is 2.05 bits per heavy atom. The molecule has 1 fully saturated rings. The number of nitrogens with zero attached hydrogens (tertiary/aromatic N) is 2. The predicted octanol–water partition coefficient (Wildman–Crippen LogP) is 2.33. The Kier molecular flexibility index (Phi) is 4.29. The number of likely N-dealkylation sites (N-methyl/N-ethyl adjacent to an activating group) is 3. The molecular weight excluding hydrogens is 262 g/mol. The number of furan rings is 1. The summed E-state index contributed by atoms with van der Waals surface area (Å²) in [6.07, 6.45) is 1.22. The van der Waals surface area contributed by atoms with E-state index in [4.69, 9.17) is 4.42 Å². The normalized spacial score (nSPS) is 23.3. The highest BCUT2D eigenvalue weighted by Crippen LogP contribution is 2.28.